The summed E-state index contributed by atoms with van der Waals surface area (Å²) in [4.78, 5) is 24.7. The van der Waals surface area contributed by atoms with Crippen molar-refractivity contribution in [3.63, 3.8) is 0 Å². The molecule has 1 aromatic carbocycles. The second kappa shape index (κ2) is 6.38. The van der Waals surface area contributed by atoms with E-state index in [2.05, 4.69) is 6.92 Å². The molecule has 1 aromatic rings. The molecule has 0 saturated heterocycles. The summed E-state index contributed by atoms with van der Waals surface area (Å²) in [6.45, 7) is 2.06. The zero-order valence-corrected chi connectivity index (χ0v) is 13.4. The molecular formula is C17H22O5. The Hall–Kier alpha value is -2.04. The van der Waals surface area contributed by atoms with Gasteiger partial charge in [0.2, 0.25) is 0 Å². The summed E-state index contributed by atoms with van der Waals surface area (Å²) in [5, 5.41) is 0. The quantitative estimate of drug-likeness (QED) is 0.618. The molecule has 0 amide bonds. The predicted octanol–water partition coefficient (Wildman–Crippen LogP) is 2.54. The van der Waals surface area contributed by atoms with Crippen LogP contribution >= 0.6 is 0 Å². The standard InChI is InChI=1S/C17H22O5/c1-5-11-10-17(15(18)21-3,16(19)22-4)14(11)12-6-8-13(20-2)9-7-12/h6-9,11,14H,5,10H2,1-4H3/t11-,14-/m0/s1. The summed E-state index contributed by atoms with van der Waals surface area (Å²) < 4.78 is 15.0. The van der Waals surface area contributed by atoms with Crippen LogP contribution in [0.5, 0.6) is 5.75 Å². The van der Waals surface area contributed by atoms with E-state index in [-0.39, 0.29) is 11.8 Å². The van der Waals surface area contributed by atoms with Crippen LogP contribution in [-0.2, 0) is 19.1 Å². The zero-order valence-electron chi connectivity index (χ0n) is 13.4. The maximum atomic E-state index is 12.3. The third-order valence-electron chi connectivity index (χ3n) is 4.69. The number of hydrogen-bond acceptors (Lipinski definition) is 5. The molecule has 2 atom stereocenters. The predicted molar refractivity (Wildman–Crippen MR) is 80.6 cm³/mol. The summed E-state index contributed by atoms with van der Waals surface area (Å²) in [6, 6.07) is 7.46. The van der Waals surface area contributed by atoms with Crippen LogP contribution in [0.25, 0.3) is 0 Å². The fourth-order valence-electron chi connectivity index (χ4n) is 3.52. The van der Waals surface area contributed by atoms with Crippen LogP contribution in [0.15, 0.2) is 24.3 Å². The van der Waals surface area contributed by atoms with Crippen molar-refractivity contribution in [2.75, 3.05) is 21.3 Å². The molecule has 0 unspecified atom stereocenters. The van der Waals surface area contributed by atoms with Crippen molar-refractivity contribution in [2.24, 2.45) is 11.3 Å². The van der Waals surface area contributed by atoms with E-state index in [1.807, 2.05) is 24.3 Å². The van der Waals surface area contributed by atoms with Crippen LogP contribution in [0, 0.1) is 11.3 Å². The lowest BCUT2D eigenvalue weighted by atomic mass is 9.50. The zero-order chi connectivity index (χ0) is 16.3. The molecule has 1 fully saturated rings. The third kappa shape index (κ3) is 2.34. The fourth-order valence-corrected chi connectivity index (χ4v) is 3.52. The van der Waals surface area contributed by atoms with Crippen LogP contribution in [0.1, 0.15) is 31.2 Å². The van der Waals surface area contributed by atoms with E-state index in [9.17, 15) is 9.59 Å². The second-order valence-electron chi connectivity index (χ2n) is 5.58. The third-order valence-corrected chi connectivity index (χ3v) is 4.69. The topological polar surface area (TPSA) is 61.8 Å². The van der Waals surface area contributed by atoms with Gasteiger partial charge in [0.15, 0.2) is 5.41 Å². The van der Waals surface area contributed by atoms with Gasteiger partial charge in [-0.1, -0.05) is 25.5 Å². The first-order valence-corrected chi connectivity index (χ1v) is 7.35. The van der Waals surface area contributed by atoms with E-state index in [1.54, 1.807) is 7.11 Å². The van der Waals surface area contributed by atoms with E-state index < -0.39 is 17.4 Å². The number of esters is 2. The highest BCUT2D eigenvalue weighted by Gasteiger charge is 2.65. The fraction of sp³-hybridized carbons (Fsp3) is 0.529. The summed E-state index contributed by atoms with van der Waals surface area (Å²) in [5.74, 6) is -0.303. The van der Waals surface area contributed by atoms with E-state index in [4.69, 9.17) is 14.2 Å². The van der Waals surface area contributed by atoms with Gasteiger partial charge in [-0.15, -0.1) is 0 Å². The van der Waals surface area contributed by atoms with E-state index in [1.165, 1.54) is 14.2 Å². The van der Waals surface area contributed by atoms with Crippen LogP contribution in [0.4, 0.5) is 0 Å². The first-order chi connectivity index (χ1) is 10.5. The van der Waals surface area contributed by atoms with Crippen molar-refractivity contribution in [3.05, 3.63) is 29.8 Å². The monoisotopic (exact) mass is 306 g/mol. The Morgan fingerprint density at radius 3 is 2.05 bits per heavy atom. The molecule has 5 heteroatoms. The van der Waals surface area contributed by atoms with Gasteiger partial charge in [-0.25, -0.2) is 0 Å². The molecule has 5 nitrogen and oxygen atoms in total. The van der Waals surface area contributed by atoms with Crippen LogP contribution in [0.3, 0.4) is 0 Å². The minimum atomic E-state index is -1.24. The van der Waals surface area contributed by atoms with Gasteiger partial charge < -0.3 is 14.2 Å². The molecule has 1 saturated carbocycles. The molecule has 0 heterocycles. The van der Waals surface area contributed by atoms with Crippen molar-refractivity contribution in [1.82, 2.24) is 0 Å². The number of ether oxygens (including phenoxy) is 3. The number of carbonyl (C=O) groups excluding carboxylic acids is 2. The van der Waals surface area contributed by atoms with Gasteiger partial charge in [-0.3, -0.25) is 9.59 Å². The van der Waals surface area contributed by atoms with Gasteiger partial charge in [-0.2, -0.15) is 0 Å². The van der Waals surface area contributed by atoms with E-state index in [0.717, 1.165) is 17.7 Å². The van der Waals surface area contributed by atoms with Gasteiger partial charge in [0.05, 0.1) is 21.3 Å². The van der Waals surface area contributed by atoms with E-state index in [0.29, 0.717) is 6.42 Å². The Labute approximate surface area is 130 Å². The van der Waals surface area contributed by atoms with Crippen molar-refractivity contribution in [2.45, 2.75) is 25.7 Å². The summed E-state index contributed by atoms with van der Waals surface area (Å²) >= 11 is 0. The van der Waals surface area contributed by atoms with Crippen LogP contribution in [-0.4, -0.2) is 33.3 Å². The lowest BCUT2D eigenvalue weighted by molar-refractivity contribution is -0.184. The molecule has 1 aliphatic carbocycles. The Balaban J connectivity index is 2.45. The summed E-state index contributed by atoms with van der Waals surface area (Å²) in [6.07, 6.45) is 1.34. The minimum Gasteiger partial charge on any atom is -0.497 e. The van der Waals surface area contributed by atoms with Gasteiger partial charge in [0, 0.05) is 5.92 Å². The molecule has 0 aliphatic heterocycles. The lowest BCUT2D eigenvalue weighted by Crippen LogP contribution is -2.57. The number of methoxy groups -OCH3 is 3. The van der Waals surface area contributed by atoms with Crippen LogP contribution in [0.2, 0.25) is 0 Å². The second-order valence-corrected chi connectivity index (χ2v) is 5.58. The molecule has 0 bridgehead atoms. The molecule has 0 N–H and O–H groups in total. The Morgan fingerprint density at radius 1 is 1.09 bits per heavy atom. The Bertz CT molecular complexity index is 533. The highest BCUT2D eigenvalue weighted by atomic mass is 16.5. The van der Waals surface area contributed by atoms with Crippen molar-refractivity contribution < 1.29 is 23.8 Å². The van der Waals surface area contributed by atoms with Gasteiger partial charge >= 0.3 is 11.9 Å². The first-order valence-electron chi connectivity index (χ1n) is 7.35. The molecule has 22 heavy (non-hydrogen) atoms. The van der Waals surface area contributed by atoms with E-state index >= 15 is 0 Å². The average molecular weight is 306 g/mol. The first kappa shape index (κ1) is 16.3. The normalized spacial score (nSPS) is 22.4. The summed E-state index contributed by atoms with van der Waals surface area (Å²) in [7, 11) is 4.20. The molecule has 0 spiro atoms. The lowest BCUT2D eigenvalue weighted by Gasteiger charge is -2.50. The van der Waals surface area contributed by atoms with Gasteiger partial charge in [0.25, 0.3) is 0 Å². The minimum absolute atomic E-state index is 0.233. The van der Waals surface area contributed by atoms with Gasteiger partial charge in [-0.05, 0) is 30.0 Å². The van der Waals surface area contributed by atoms with Crippen molar-refractivity contribution in [1.29, 1.82) is 0 Å². The number of rotatable bonds is 5. The number of benzene rings is 1. The maximum Gasteiger partial charge on any atom is 0.323 e. The van der Waals surface area contributed by atoms with Crippen molar-refractivity contribution in [3.8, 4) is 5.75 Å². The number of hydrogen-bond donors (Lipinski definition) is 0. The molecule has 120 valence electrons. The van der Waals surface area contributed by atoms with Crippen LogP contribution < -0.4 is 4.74 Å². The smallest absolute Gasteiger partial charge is 0.323 e. The maximum absolute atomic E-state index is 12.3. The SMILES string of the molecule is CC[C@H]1CC(C(=O)OC)(C(=O)OC)[C@@H]1c1ccc(OC)cc1. The molecule has 0 aromatic heterocycles. The number of carbonyl (C=O) groups is 2. The van der Waals surface area contributed by atoms with Gasteiger partial charge in [0.1, 0.15) is 5.75 Å². The summed E-state index contributed by atoms with van der Waals surface area (Å²) in [5.41, 5.74) is -0.312. The molecule has 0 radical (unpaired) electrons. The molecule has 2 rings (SSSR count). The largest absolute Gasteiger partial charge is 0.497 e. The van der Waals surface area contributed by atoms with Crippen molar-refractivity contribution >= 4 is 11.9 Å². The molecular weight excluding hydrogens is 284 g/mol. The molecule has 1 aliphatic rings. The Morgan fingerprint density at radius 2 is 1.64 bits per heavy atom. The average Bonchev–Trinajstić information content (AvgIpc) is 2.54. The Kier molecular flexibility index (Phi) is 4.74. The highest BCUT2D eigenvalue weighted by molar-refractivity contribution is 6.02. The highest BCUT2D eigenvalue weighted by Crippen LogP contribution is 2.59.